The molecule has 0 aromatic heterocycles. The van der Waals surface area contributed by atoms with Gasteiger partial charge in [-0.05, 0) is 43.9 Å². The molecule has 3 saturated heterocycles. The van der Waals surface area contributed by atoms with E-state index in [4.69, 9.17) is 10.8 Å². The standard InChI is InChI=1S/C22H27N5O4/c1-13(14-4-6-15(7-5-14)22(30)31)27-17-9-19(21(27)29)25(11-17)12-18(24)20(28)26-8-2-3-16(26)10-23/h4-7,13,16-19H,2-3,8-9,11-12,24H2,1H3,(H,30,31)/t13-,16-,17+,18-,19+/m0/s1. The molecule has 0 saturated carbocycles. The third-order valence-electron chi connectivity index (χ3n) is 6.80. The zero-order valence-electron chi connectivity index (χ0n) is 17.5. The van der Waals surface area contributed by atoms with Crippen molar-refractivity contribution in [3.8, 4) is 6.07 Å². The molecular weight excluding hydrogens is 398 g/mol. The van der Waals surface area contributed by atoms with Gasteiger partial charge in [0, 0.05) is 25.7 Å². The van der Waals surface area contributed by atoms with E-state index in [0.717, 1.165) is 12.0 Å². The Hall–Kier alpha value is -2.96. The van der Waals surface area contributed by atoms with Crippen LogP contribution in [0.4, 0.5) is 0 Å². The first-order valence-corrected chi connectivity index (χ1v) is 10.7. The van der Waals surface area contributed by atoms with E-state index in [1.54, 1.807) is 29.2 Å². The molecule has 2 amide bonds. The van der Waals surface area contributed by atoms with Gasteiger partial charge in [-0.1, -0.05) is 12.1 Å². The monoisotopic (exact) mass is 425 g/mol. The van der Waals surface area contributed by atoms with Crippen molar-refractivity contribution in [1.29, 1.82) is 5.26 Å². The van der Waals surface area contributed by atoms with Crippen molar-refractivity contribution in [2.45, 2.75) is 56.4 Å². The van der Waals surface area contributed by atoms with E-state index >= 15 is 0 Å². The molecule has 31 heavy (non-hydrogen) atoms. The van der Waals surface area contributed by atoms with Crippen LogP contribution in [0.2, 0.25) is 0 Å². The average molecular weight is 425 g/mol. The summed E-state index contributed by atoms with van der Waals surface area (Å²) in [5.74, 6) is -1.18. The predicted octanol–water partition coefficient (Wildman–Crippen LogP) is 0.573. The highest BCUT2D eigenvalue weighted by atomic mass is 16.4. The largest absolute Gasteiger partial charge is 0.478 e. The number of hydrogen-bond donors (Lipinski definition) is 2. The second-order valence-corrected chi connectivity index (χ2v) is 8.63. The number of nitriles is 1. The number of nitrogens with two attached hydrogens (primary N) is 1. The summed E-state index contributed by atoms with van der Waals surface area (Å²) in [5, 5.41) is 18.3. The number of fused-ring (bicyclic) bond motifs is 2. The van der Waals surface area contributed by atoms with E-state index in [1.807, 2.05) is 16.7 Å². The summed E-state index contributed by atoms with van der Waals surface area (Å²) in [6.45, 7) is 3.46. The van der Waals surface area contributed by atoms with Crippen LogP contribution in [0.5, 0.6) is 0 Å². The number of carbonyl (C=O) groups excluding carboxylic acids is 2. The van der Waals surface area contributed by atoms with Gasteiger partial charge in [0.1, 0.15) is 6.04 Å². The number of likely N-dealkylation sites (tertiary alicyclic amines) is 3. The van der Waals surface area contributed by atoms with Crippen LogP contribution in [0.15, 0.2) is 24.3 Å². The molecule has 3 fully saturated rings. The topological polar surface area (TPSA) is 131 Å². The lowest BCUT2D eigenvalue weighted by Gasteiger charge is -2.38. The number of carbonyl (C=O) groups is 3. The fraction of sp³-hybridized carbons (Fsp3) is 0.545. The zero-order valence-corrected chi connectivity index (χ0v) is 17.5. The first kappa shape index (κ1) is 21.3. The lowest BCUT2D eigenvalue weighted by Crippen LogP contribution is -2.56. The van der Waals surface area contributed by atoms with Gasteiger partial charge in [-0.15, -0.1) is 0 Å². The normalized spacial score (nSPS) is 27.4. The van der Waals surface area contributed by atoms with Crippen molar-refractivity contribution < 1.29 is 19.5 Å². The number of nitrogens with zero attached hydrogens (tertiary/aromatic N) is 4. The number of carboxylic acid groups (broad SMARTS) is 1. The Morgan fingerprint density at radius 2 is 2.03 bits per heavy atom. The third-order valence-corrected chi connectivity index (χ3v) is 6.80. The highest BCUT2D eigenvalue weighted by molar-refractivity contribution is 5.88. The quantitative estimate of drug-likeness (QED) is 0.681. The molecule has 5 atom stereocenters. The molecular formula is C22H27N5O4. The second-order valence-electron chi connectivity index (χ2n) is 8.63. The Balaban J connectivity index is 1.39. The van der Waals surface area contributed by atoms with Crippen LogP contribution in [0.3, 0.4) is 0 Å². The molecule has 3 aliphatic rings. The SMILES string of the molecule is C[C@@H](c1ccc(C(=O)O)cc1)N1C(=O)[C@H]2C[C@@H]1CN2C[C@H](N)C(=O)N1CCC[C@H]1C#N. The van der Waals surface area contributed by atoms with Gasteiger partial charge in [-0.3, -0.25) is 14.5 Å². The van der Waals surface area contributed by atoms with Gasteiger partial charge in [0.05, 0.1) is 29.8 Å². The first-order valence-electron chi connectivity index (χ1n) is 10.7. The molecule has 9 heteroatoms. The minimum absolute atomic E-state index is 0.0155. The van der Waals surface area contributed by atoms with Gasteiger partial charge < -0.3 is 20.6 Å². The van der Waals surface area contributed by atoms with Crippen molar-refractivity contribution in [2.75, 3.05) is 19.6 Å². The van der Waals surface area contributed by atoms with E-state index in [9.17, 15) is 19.6 Å². The van der Waals surface area contributed by atoms with Crippen LogP contribution < -0.4 is 5.73 Å². The molecule has 3 heterocycles. The van der Waals surface area contributed by atoms with Crippen LogP contribution in [-0.4, -0.2) is 81.4 Å². The maximum Gasteiger partial charge on any atom is 0.335 e. The molecule has 3 N–H and O–H groups in total. The highest BCUT2D eigenvalue weighted by Crippen LogP contribution is 2.38. The van der Waals surface area contributed by atoms with Crippen LogP contribution in [0.25, 0.3) is 0 Å². The van der Waals surface area contributed by atoms with Crippen molar-refractivity contribution in [2.24, 2.45) is 5.73 Å². The molecule has 2 bridgehead atoms. The summed E-state index contributed by atoms with van der Waals surface area (Å²) in [5.41, 5.74) is 7.28. The first-order chi connectivity index (χ1) is 14.8. The molecule has 4 rings (SSSR count). The van der Waals surface area contributed by atoms with Gasteiger partial charge in [0.15, 0.2) is 0 Å². The Bertz CT molecular complexity index is 927. The lowest BCUT2D eigenvalue weighted by molar-refractivity contribution is -0.141. The molecule has 1 aromatic carbocycles. The van der Waals surface area contributed by atoms with E-state index in [1.165, 1.54) is 0 Å². The number of carboxylic acids is 1. The van der Waals surface area contributed by atoms with Crippen LogP contribution in [0.1, 0.15) is 48.1 Å². The molecule has 1 aromatic rings. The zero-order chi connectivity index (χ0) is 22.3. The summed E-state index contributed by atoms with van der Waals surface area (Å²) < 4.78 is 0. The van der Waals surface area contributed by atoms with Crippen LogP contribution in [0, 0.1) is 11.3 Å². The van der Waals surface area contributed by atoms with Gasteiger partial charge in [0.2, 0.25) is 11.8 Å². The summed E-state index contributed by atoms with van der Waals surface area (Å²) in [6.07, 6.45) is 2.19. The molecule has 9 nitrogen and oxygen atoms in total. The molecule has 0 radical (unpaired) electrons. The second kappa shape index (κ2) is 8.29. The summed E-state index contributed by atoms with van der Waals surface area (Å²) >= 11 is 0. The summed E-state index contributed by atoms with van der Waals surface area (Å²) in [6, 6.07) is 7.19. The Morgan fingerprint density at radius 1 is 1.32 bits per heavy atom. The fourth-order valence-corrected chi connectivity index (χ4v) is 5.17. The van der Waals surface area contributed by atoms with Crippen molar-refractivity contribution >= 4 is 17.8 Å². The maximum atomic E-state index is 13.1. The number of piperazine rings is 1. The molecule has 164 valence electrons. The highest BCUT2D eigenvalue weighted by Gasteiger charge is 2.51. The Kier molecular flexibility index (Phi) is 5.69. The van der Waals surface area contributed by atoms with Gasteiger partial charge in [-0.2, -0.15) is 5.26 Å². The Labute approximate surface area is 181 Å². The van der Waals surface area contributed by atoms with E-state index in [0.29, 0.717) is 32.5 Å². The number of benzene rings is 1. The summed E-state index contributed by atoms with van der Waals surface area (Å²) in [7, 11) is 0. The van der Waals surface area contributed by atoms with Crippen LogP contribution in [-0.2, 0) is 9.59 Å². The van der Waals surface area contributed by atoms with Crippen molar-refractivity contribution in [1.82, 2.24) is 14.7 Å². The van der Waals surface area contributed by atoms with E-state index in [-0.39, 0.29) is 35.5 Å². The van der Waals surface area contributed by atoms with Gasteiger partial charge in [0.25, 0.3) is 0 Å². The minimum atomic E-state index is -0.980. The van der Waals surface area contributed by atoms with Gasteiger partial charge >= 0.3 is 5.97 Å². The molecule has 3 aliphatic heterocycles. The number of hydrogen-bond acceptors (Lipinski definition) is 6. The Morgan fingerprint density at radius 3 is 2.65 bits per heavy atom. The van der Waals surface area contributed by atoms with Gasteiger partial charge in [-0.25, -0.2) is 4.79 Å². The molecule has 0 spiro atoms. The fourth-order valence-electron chi connectivity index (χ4n) is 5.17. The molecule has 0 unspecified atom stereocenters. The summed E-state index contributed by atoms with van der Waals surface area (Å²) in [4.78, 5) is 42.3. The molecule has 0 aliphatic carbocycles. The minimum Gasteiger partial charge on any atom is -0.478 e. The third kappa shape index (κ3) is 3.77. The van der Waals surface area contributed by atoms with E-state index < -0.39 is 18.1 Å². The number of amides is 2. The van der Waals surface area contributed by atoms with E-state index in [2.05, 4.69) is 6.07 Å². The van der Waals surface area contributed by atoms with Crippen molar-refractivity contribution in [3.05, 3.63) is 35.4 Å². The smallest absolute Gasteiger partial charge is 0.335 e. The number of aromatic carboxylic acids is 1. The lowest BCUT2D eigenvalue weighted by atomic mass is 10.0. The average Bonchev–Trinajstić information content (AvgIpc) is 3.47. The maximum absolute atomic E-state index is 13.1. The van der Waals surface area contributed by atoms with Crippen molar-refractivity contribution in [3.63, 3.8) is 0 Å². The predicted molar refractivity (Wildman–Crippen MR) is 111 cm³/mol. The number of rotatable bonds is 6. The van der Waals surface area contributed by atoms with Crippen LogP contribution >= 0.6 is 0 Å².